The molecule has 1 unspecified atom stereocenters. The Morgan fingerprint density at radius 3 is 2.60 bits per heavy atom. The molecule has 1 aromatic carbocycles. The molecule has 3 nitrogen and oxygen atoms in total. The minimum atomic E-state index is -2.24. The van der Waals surface area contributed by atoms with E-state index in [9.17, 15) is 4.57 Å². The van der Waals surface area contributed by atoms with E-state index in [-0.39, 0.29) is 0 Å². The maximum Gasteiger partial charge on any atom is 0.546 e. The number of nitrogen functional groups attached to an aromatic ring is 1. The zero-order valence-electron chi connectivity index (χ0n) is 5.19. The lowest BCUT2D eigenvalue weighted by atomic mass is 10.3. The minimum absolute atomic E-state index is 0.370. The predicted molar refractivity (Wildman–Crippen MR) is 40.3 cm³/mol. The van der Waals surface area contributed by atoms with Crippen molar-refractivity contribution >= 4 is 19.0 Å². The first-order valence-corrected chi connectivity index (χ1v) is 3.93. The summed E-state index contributed by atoms with van der Waals surface area (Å²) in [6, 6.07) is 6.37. The van der Waals surface area contributed by atoms with Crippen molar-refractivity contribution in [3.8, 4) is 0 Å². The summed E-state index contributed by atoms with van der Waals surface area (Å²) >= 11 is 0. The molecule has 0 aromatic heterocycles. The standard InChI is InChI=1S/C6H6NO2P/c7-5-2-1-3-6(4-5)10(8)9/h1-4H,7H2/p+1. The van der Waals surface area contributed by atoms with Crippen molar-refractivity contribution in [1.29, 1.82) is 0 Å². The molecular formula is C6H7NO2P+. The molecule has 0 saturated heterocycles. The Balaban J connectivity index is 3.07. The Morgan fingerprint density at radius 1 is 1.50 bits per heavy atom. The van der Waals surface area contributed by atoms with Gasteiger partial charge < -0.3 is 5.73 Å². The molecule has 0 aliphatic heterocycles. The van der Waals surface area contributed by atoms with Gasteiger partial charge in [0.1, 0.15) is 0 Å². The van der Waals surface area contributed by atoms with Crippen LogP contribution in [0, 0.1) is 0 Å². The summed E-state index contributed by atoms with van der Waals surface area (Å²) in [6.45, 7) is 0. The highest BCUT2D eigenvalue weighted by atomic mass is 31.1. The second kappa shape index (κ2) is 2.78. The van der Waals surface area contributed by atoms with Crippen molar-refractivity contribution in [2.45, 2.75) is 0 Å². The second-order valence-electron chi connectivity index (χ2n) is 1.87. The van der Waals surface area contributed by atoms with Gasteiger partial charge in [-0.25, -0.2) is 0 Å². The van der Waals surface area contributed by atoms with E-state index in [2.05, 4.69) is 0 Å². The molecule has 0 bridgehead atoms. The van der Waals surface area contributed by atoms with Crippen molar-refractivity contribution in [2.75, 3.05) is 5.73 Å². The molecule has 0 spiro atoms. The molecule has 1 rings (SSSR count). The molecule has 0 heterocycles. The molecule has 52 valence electrons. The lowest BCUT2D eigenvalue weighted by molar-refractivity contribution is 0.513. The smallest absolute Gasteiger partial charge is 0.399 e. The summed E-state index contributed by atoms with van der Waals surface area (Å²) < 4.78 is 10.4. The van der Waals surface area contributed by atoms with Crippen LogP contribution in [0.2, 0.25) is 0 Å². The van der Waals surface area contributed by atoms with E-state index in [0.29, 0.717) is 11.0 Å². The molecule has 1 atom stereocenters. The maximum atomic E-state index is 10.4. The van der Waals surface area contributed by atoms with Gasteiger partial charge in [0, 0.05) is 11.8 Å². The van der Waals surface area contributed by atoms with Gasteiger partial charge in [0.05, 0.1) is 0 Å². The van der Waals surface area contributed by atoms with Crippen molar-refractivity contribution in [3.05, 3.63) is 24.3 Å². The normalized spacial score (nSPS) is 11.1. The largest absolute Gasteiger partial charge is 0.546 e. The van der Waals surface area contributed by atoms with Crippen LogP contribution in [0.4, 0.5) is 5.69 Å². The zero-order valence-corrected chi connectivity index (χ0v) is 6.08. The Hall–Kier alpha value is -0.920. The van der Waals surface area contributed by atoms with Crippen LogP contribution >= 0.6 is 8.03 Å². The van der Waals surface area contributed by atoms with Gasteiger partial charge in [-0.3, -0.25) is 0 Å². The van der Waals surface area contributed by atoms with Gasteiger partial charge in [0.15, 0.2) is 0 Å². The van der Waals surface area contributed by atoms with Gasteiger partial charge in [0.2, 0.25) is 5.30 Å². The molecule has 0 fully saturated rings. The zero-order chi connectivity index (χ0) is 7.56. The van der Waals surface area contributed by atoms with Gasteiger partial charge in [-0.1, -0.05) is 6.07 Å². The van der Waals surface area contributed by atoms with Crippen molar-refractivity contribution in [1.82, 2.24) is 0 Å². The van der Waals surface area contributed by atoms with E-state index in [0.717, 1.165) is 0 Å². The van der Waals surface area contributed by atoms with E-state index < -0.39 is 8.03 Å². The summed E-state index contributed by atoms with van der Waals surface area (Å²) in [5.41, 5.74) is 5.87. The monoisotopic (exact) mass is 156 g/mol. The fraction of sp³-hybridized carbons (Fsp3) is 0. The average molecular weight is 156 g/mol. The molecule has 10 heavy (non-hydrogen) atoms. The predicted octanol–water partition coefficient (Wildman–Crippen LogP) is 0.629. The van der Waals surface area contributed by atoms with Gasteiger partial charge in [-0.05, 0) is 16.7 Å². The summed E-state index contributed by atoms with van der Waals surface area (Å²) in [5, 5.41) is 0.370. The Bertz CT molecular complexity index is 262. The minimum Gasteiger partial charge on any atom is -0.399 e. The third-order valence-corrected chi connectivity index (χ3v) is 1.81. The lowest BCUT2D eigenvalue weighted by Gasteiger charge is -1.86. The number of nitrogens with two attached hydrogens (primary N) is 1. The van der Waals surface area contributed by atoms with E-state index in [4.69, 9.17) is 10.6 Å². The van der Waals surface area contributed by atoms with E-state index >= 15 is 0 Å². The number of anilines is 1. The van der Waals surface area contributed by atoms with E-state index in [1.807, 2.05) is 0 Å². The highest BCUT2D eigenvalue weighted by Crippen LogP contribution is 2.13. The van der Waals surface area contributed by atoms with Crippen LogP contribution in [-0.2, 0) is 4.57 Å². The SMILES string of the molecule is Nc1cccc([P+](=O)O)c1. The van der Waals surface area contributed by atoms with Crippen molar-refractivity contribution in [2.24, 2.45) is 0 Å². The molecule has 3 N–H and O–H groups in total. The Morgan fingerprint density at radius 2 is 2.20 bits per heavy atom. The first-order valence-electron chi connectivity index (χ1n) is 2.72. The van der Waals surface area contributed by atoms with Crippen LogP contribution in [0.1, 0.15) is 0 Å². The number of hydrogen-bond donors (Lipinski definition) is 2. The Labute approximate surface area is 59.4 Å². The lowest BCUT2D eigenvalue weighted by Crippen LogP contribution is -1.96. The molecule has 4 heteroatoms. The van der Waals surface area contributed by atoms with Crippen molar-refractivity contribution < 1.29 is 9.46 Å². The van der Waals surface area contributed by atoms with Crippen LogP contribution in [0.3, 0.4) is 0 Å². The van der Waals surface area contributed by atoms with Crippen LogP contribution in [0.15, 0.2) is 24.3 Å². The highest BCUT2D eigenvalue weighted by molar-refractivity contribution is 7.47. The fourth-order valence-corrected chi connectivity index (χ4v) is 1.12. The molecular weight excluding hydrogens is 149 g/mol. The summed E-state index contributed by atoms with van der Waals surface area (Å²) in [7, 11) is -2.24. The van der Waals surface area contributed by atoms with Gasteiger partial charge in [-0.15, -0.1) is 0 Å². The second-order valence-corrected chi connectivity index (χ2v) is 2.93. The first-order chi connectivity index (χ1) is 4.70. The van der Waals surface area contributed by atoms with Crippen molar-refractivity contribution in [3.63, 3.8) is 0 Å². The number of benzene rings is 1. The topological polar surface area (TPSA) is 63.3 Å². The third-order valence-electron chi connectivity index (χ3n) is 1.09. The average Bonchev–Trinajstić information content (AvgIpc) is 1.88. The van der Waals surface area contributed by atoms with E-state index in [1.165, 1.54) is 6.07 Å². The summed E-state index contributed by atoms with van der Waals surface area (Å²) in [5.74, 6) is 0. The first kappa shape index (κ1) is 7.19. The molecule has 0 aliphatic rings. The molecule has 0 amide bonds. The molecule has 1 aromatic rings. The summed E-state index contributed by atoms with van der Waals surface area (Å²) in [6.07, 6.45) is 0. The van der Waals surface area contributed by atoms with Crippen LogP contribution in [-0.4, -0.2) is 4.89 Å². The van der Waals surface area contributed by atoms with Gasteiger partial charge in [-0.2, -0.15) is 4.89 Å². The van der Waals surface area contributed by atoms with Gasteiger partial charge in [0.25, 0.3) is 0 Å². The van der Waals surface area contributed by atoms with Crippen LogP contribution < -0.4 is 11.0 Å². The van der Waals surface area contributed by atoms with Crippen LogP contribution in [0.25, 0.3) is 0 Å². The maximum absolute atomic E-state index is 10.4. The summed E-state index contributed by atoms with van der Waals surface area (Å²) in [4.78, 5) is 8.60. The Kier molecular flexibility index (Phi) is 2.00. The quantitative estimate of drug-likeness (QED) is 0.463. The number of hydrogen-bond acceptors (Lipinski definition) is 2. The van der Waals surface area contributed by atoms with Gasteiger partial charge >= 0.3 is 8.03 Å². The molecule has 0 aliphatic carbocycles. The fourth-order valence-electron chi connectivity index (χ4n) is 0.644. The molecule has 0 saturated carbocycles. The molecule has 0 radical (unpaired) electrons. The third kappa shape index (κ3) is 1.53. The number of rotatable bonds is 1. The van der Waals surface area contributed by atoms with E-state index in [1.54, 1.807) is 18.2 Å². The van der Waals surface area contributed by atoms with Crippen LogP contribution in [0.5, 0.6) is 0 Å². The highest BCUT2D eigenvalue weighted by Gasteiger charge is 2.14.